The fourth-order valence-corrected chi connectivity index (χ4v) is 6.25. The highest BCUT2D eigenvalue weighted by atomic mass is 16.3. The number of rotatable bonds is 4. The number of aromatic nitrogens is 3. The summed E-state index contributed by atoms with van der Waals surface area (Å²) < 4.78 is 6.23. The molecule has 9 rings (SSSR count). The van der Waals surface area contributed by atoms with E-state index in [4.69, 9.17) is 19.4 Å². The van der Waals surface area contributed by atoms with E-state index in [-0.39, 0.29) is 0 Å². The van der Waals surface area contributed by atoms with Crippen LogP contribution in [0.2, 0.25) is 0 Å². The van der Waals surface area contributed by atoms with Crippen LogP contribution in [-0.2, 0) is 0 Å². The largest absolute Gasteiger partial charge is 0.456 e. The Morgan fingerprint density at radius 2 is 0.933 bits per heavy atom. The summed E-state index contributed by atoms with van der Waals surface area (Å²) in [5.74, 6) is 1.85. The van der Waals surface area contributed by atoms with Gasteiger partial charge in [-0.1, -0.05) is 121 Å². The van der Waals surface area contributed by atoms with E-state index in [1.807, 2.05) is 24.3 Å². The first-order chi connectivity index (χ1) is 22.3. The molecule has 0 atom stereocenters. The number of benzene rings is 7. The Hall–Kier alpha value is -6.13. The molecule has 9 aromatic rings. The van der Waals surface area contributed by atoms with Crippen LogP contribution in [-0.4, -0.2) is 15.0 Å². The van der Waals surface area contributed by atoms with Gasteiger partial charge in [-0.05, 0) is 63.0 Å². The van der Waals surface area contributed by atoms with Gasteiger partial charge in [0.2, 0.25) is 0 Å². The topological polar surface area (TPSA) is 51.8 Å². The van der Waals surface area contributed by atoms with Crippen LogP contribution in [0.1, 0.15) is 0 Å². The van der Waals surface area contributed by atoms with Gasteiger partial charge in [-0.15, -0.1) is 0 Å². The van der Waals surface area contributed by atoms with Crippen molar-refractivity contribution in [2.45, 2.75) is 0 Å². The average molecular weight is 576 g/mol. The van der Waals surface area contributed by atoms with Crippen molar-refractivity contribution in [2.24, 2.45) is 0 Å². The van der Waals surface area contributed by atoms with Gasteiger partial charge in [0.15, 0.2) is 17.5 Å². The number of para-hydroxylation sites is 1. The Labute approximate surface area is 259 Å². The molecule has 0 bridgehead atoms. The molecule has 0 unspecified atom stereocenters. The molecule has 0 saturated carbocycles. The minimum atomic E-state index is 0.599. The molecule has 2 heterocycles. The van der Waals surface area contributed by atoms with E-state index in [2.05, 4.69) is 127 Å². The van der Waals surface area contributed by atoms with Crippen LogP contribution in [0.25, 0.3) is 88.8 Å². The minimum Gasteiger partial charge on any atom is -0.456 e. The second-order valence-corrected chi connectivity index (χ2v) is 11.3. The van der Waals surface area contributed by atoms with Gasteiger partial charge >= 0.3 is 0 Å². The first-order valence-corrected chi connectivity index (χ1v) is 15.0. The van der Waals surface area contributed by atoms with Crippen molar-refractivity contribution in [2.75, 3.05) is 0 Å². The van der Waals surface area contributed by atoms with Crippen molar-refractivity contribution in [1.82, 2.24) is 15.0 Å². The Morgan fingerprint density at radius 1 is 0.333 bits per heavy atom. The van der Waals surface area contributed by atoms with E-state index in [0.29, 0.717) is 17.5 Å². The first-order valence-electron chi connectivity index (χ1n) is 15.0. The monoisotopic (exact) mass is 575 g/mol. The first kappa shape index (κ1) is 25.4. The fourth-order valence-electron chi connectivity index (χ4n) is 6.25. The molecule has 7 aromatic carbocycles. The average Bonchev–Trinajstić information content (AvgIpc) is 3.49. The van der Waals surface area contributed by atoms with Crippen LogP contribution in [0.3, 0.4) is 0 Å². The van der Waals surface area contributed by atoms with Crippen molar-refractivity contribution in [1.29, 1.82) is 0 Å². The third-order valence-electron chi connectivity index (χ3n) is 8.51. The zero-order chi connectivity index (χ0) is 29.7. The molecule has 0 saturated heterocycles. The Kier molecular flexibility index (Phi) is 5.78. The molecule has 4 nitrogen and oxygen atoms in total. The van der Waals surface area contributed by atoms with Gasteiger partial charge < -0.3 is 4.42 Å². The van der Waals surface area contributed by atoms with Crippen molar-refractivity contribution in [3.05, 3.63) is 152 Å². The molecule has 0 spiro atoms. The Morgan fingerprint density at radius 3 is 1.82 bits per heavy atom. The third-order valence-corrected chi connectivity index (χ3v) is 8.51. The normalized spacial score (nSPS) is 11.6. The molecule has 0 amide bonds. The number of nitrogens with zero attached hydrogens (tertiary/aromatic N) is 3. The summed E-state index contributed by atoms with van der Waals surface area (Å²) in [5.41, 5.74) is 6.69. The highest BCUT2D eigenvalue weighted by molar-refractivity contribution is 6.05. The molecular weight excluding hydrogens is 550 g/mol. The molecule has 0 aliphatic carbocycles. The third kappa shape index (κ3) is 4.43. The van der Waals surface area contributed by atoms with Gasteiger partial charge in [-0.25, -0.2) is 15.0 Å². The van der Waals surface area contributed by atoms with Gasteiger partial charge in [-0.3, -0.25) is 0 Å². The van der Waals surface area contributed by atoms with Gasteiger partial charge in [-0.2, -0.15) is 0 Å². The maximum atomic E-state index is 6.23. The summed E-state index contributed by atoms with van der Waals surface area (Å²) in [6.07, 6.45) is 0. The standard InChI is InChI=1S/C41H25N3O/c1-2-11-28-23-30(20-19-26(28)9-1)29-13-7-14-31(24-29)39-42-40(32-21-22-35-34-16-5-6-18-37(34)45-38(35)25-32)44-41(43-39)36-17-8-12-27-10-3-4-15-33(27)36/h1-25H. The Bertz CT molecular complexity index is 2560. The second kappa shape index (κ2) is 10.2. The second-order valence-electron chi connectivity index (χ2n) is 11.3. The lowest BCUT2D eigenvalue weighted by atomic mass is 9.99. The zero-order valence-electron chi connectivity index (χ0n) is 24.2. The lowest BCUT2D eigenvalue weighted by Gasteiger charge is -2.11. The molecule has 45 heavy (non-hydrogen) atoms. The molecule has 2 aromatic heterocycles. The summed E-state index contributed by atoms with van der Waals surface area (Å²) in [6, 6.07) is 52.4. The van der Waals surface area contributed by atoms with E-state index >= 15 is 0 Å². The molecule has 210 valence electrons. The minimum absolute atomic E-state index is 0.599. The molecular formula is C41H25N3O. The van der Waals surface area contributed by atoms with Crippen LogP contribution in [0.5, 0.6) is 0 Å². The SMILES string of the molecule is c1cc(-c2ccc3ccccc3c2)cc(-c2nc(-c3ccc4c(c3)oc3ccccc34)nc(-c3cccc4ccccc34)n2)c1. The molecule has 0 aliphatic heterocycles. The van der Waals surface area contributed by atoms with E-state index in [1.165, 1.54) is 10.8 Å². The van der Waals surface area contributed by atoms with Gasteiger partial charge in [0.25, 0.3) is 0 Å². The maximum Gasteiger partial charge on any atom is 0.164 e. The molecule has 0 aliphatic rings. The molecule has 4 heteroatoms. The van der Waals surface area contributed by atoms with Crippen LogP contribution >= 0.6 is 0 Å². The van der Waals surface area contributed by atoms with Crippen LogP contribution in [0, 0.1) is 0 Å². The van der Waals surface area contributed by atoms with Gasteiger partial charge in [0.1, 0.15) is 11.2 Å². The van der Waals surface area contributed by atoms with Crippen LogP contribution in [0.4, 0.5) is 0 Å². The predicted molar refractivity (Wildman–Crippen MR) is 184 cm³/mol. The highest BCUT2D eigenvalue weighted by Crippen LogP contribution is 2.34. The summed E-state index contributed by atoms with van der Waals surface area (Å²) in [5, 5.41) is 6.84. The number of fused-ring (bicyclic) bond motifs is 5. The summed E-state index contributed by atoms with van der Waals surface area (Å²) in [7, 11) is 0. The summed E-state index contributed by atoms with van der Waals surface area (Å²) in [4.78, 5) is 15.2. The van der Waals surface area contributed by atoms with E-state index in [0.717, 1.165) is 60.5 Å². The predicted octanol–water partition coefficient (Wildman–Crippen LogP) is 10.7. The highest BCUT2D eigenvalue weighted by Gasteiger charge is 2.16. The quantitative estimate of drug-likeness (QED) is 0.209. The Balaban J connectivity index is 1.23. The maximum absolute atomic E-state index is 6.23. The van der Waals surface area contributed by atoms with E-state index < -0.39 is 0 Å². The van der Waals surface area contributed by atoms with Crippen LogP contribution < -0.4 is 0 Å². The molecule has 0 fully saturated rings. The van der Waals surface area contributed by atoms with Gasteiger partial charge in [0.05, 0.1) is 0 Å². The molecule has 0 radical (unpaired) electrons. The van der Waals surface area contributed by atoms with Gasteiger partial charge in [0, 0.05) is 27.5 Å². The molecule has 0 N–H and O–H groups in total. The van der Waals surface area contributed by atoms with E-state index in [1.54, 1.807) is 0 Å². The lowest BCUT2D eigenvalue weighted by Crippen LogP contribution is -2.00. The van der Waals surface area contributed by atoms with E-state index in [9.17, 15) is 0 Å². The lowest BCUT2D eigenvalue weighted by molar-refractivity contribution is 0.669. The van der Waals surface area contributed by atoms with Crippen molar-refractivity contribution >= 4 is 43.5 Å². The summed E-state index contributed by atoms with van der Waals surface area (Å²) in [6.45, 7) is 0. The number of hydrogen-bond donors (Lipinski definition) is 0. The fraction of sp³-hybridized carbons (Fsp3) is 0. The van der Waals surface area contributed by atoms with Crippen molar-refractivity contribution < 1.29 is 4.42 Å². The van der Waals surface area contributed by atoms with Crippen molar-refractivity contribution in [3.8, 4) is 45.3 Å². The smallest absolute Gasteiger partial charge is 0.164 e. The number of hydrogen-bond acceptors (Lipinski definition) is 4. The number of furan rings is 1. The van der Waals surface area contributed by atoms with Crippen molar-refractivity contribution in [3.63, 3.8) is 0 Å². The van der Waals surface area contributed by atoms with Crippen LogP contribution in [0.15, 0.2) is 156 Å². The summed E-state index contributed by atoms with van der Waals surface area (Å²) >= 11 is 0. The zero-order valence-corrected chi connectivity index (χ0v) is 24.2.